The first kappa shape index (κ1) is 26.2. The summed E-state index contributed by atoms with van der Waals surface area (Å²) in [5, 5.41) is 13.8. The molecule has 0 saturated carbocycles. The van der Waals surface area contributed by atoms with Gasteiger partial charge in [-0.15, -0.1) is 13.2 Å². The number of ether oxygens (including phenoxy) is 2. The van der Waals surface area contributed by atoms with Gasteiger partial charge in [0.05, 0.1) is 5.56 Å². The maximum Gasteiger partial charge on any atom is 0.573 e. The highest BCUT2D eigenvalue weighted by molar-refractivity contribution is 6.31. The van der Waals surface area contributed by atoms with Gasteiger partial charge in [-0.3, -0.25) is 4.79 Å². The van der Waals surface area contributed by atoms with Crippen molar-refractivity contribution in [2.24, 2.45) is 5.41 Å². The molecule has 0 aromatic heterocycles. The van der Waals surface area contributed by atoms with E-state index in [1.54, 1.807) is 45.0 Å². The average molecular weight is 510 g/mol. The fourth-order valence-corrected chi connectivity index (χ4v) is 3.57. The van der Waals surface area contributed by atoms with Gasteiger partial charge in [0, 0.05) is 10.4 Å². The van der Waals surface area contributed by atoms with Crippen LogP contribution in [0.1, 0.15) is 36.7 Å². The number of carbonyl (C=O) groups is 2. The van der Waals surface area contributed by atoms with E-state index in [2.05, 4.69) is 10.1 Å². The second-order valence-electron chi connectivity index (χ2n) is 8.90. The van der Waals surface area contributed by atoms with Gasteiger partial charge < -0.3 is 19.9 Å². The summed E-state index contributed by atoms with van der Waals surface area (Å²) in [6, 6.07) is 12.2. The van der Waals surface area contributed by atoms with Gasteiger partial charge in [0.25, 0.3) is 5.91 Å². The number of hydrogen-bond acceptors (Lipinski definition) is 4. The summed E-state index contributed by atoms with van der Waals surface area (Å²) < 4.78 is 47.0. The highest BCUT2D eigenvalue weighted by atomic mass is 35.5. The molecule has 0 aliphatic rings. The molecule has 0 aliphatic heterocycles. The number of carboxylic acid groups (broad SMARTS) is 1. The molecule has 3 rings (SSSR count). The molecule has 35 heavy (non-hydrogen) atoms. The molecule has 1 amide bonds. The van der Waals surface area contributed by atoms with E-state index >= 15 is 0 Å². The largest absolute Gasteiger partial charge is 0.573 e. The number of hydrogen-bond donors (Lipinski definition) is 2. The van der Waals surface area contributed by atoms with Crippen LogP contribution in [0.15, 0.2) is 54.6 Å². The Morgan fingerprint density at radius 3 is 2.23 bits per heavy atom. The minimum atomic E-state index is -4.80. The number of alkyl halides is 3. The minimum absolute atomic E-state index is 0.0835. The van der Waals surface area contributed by atoms with Crippen LogP contribution in [-0.2, 0) is 11.4 Å². The first-order valence-electron chi connectivity index (χ1n) is 10.5. The molecule has 0 saturated heterocycles. The van der Waals surface area contributed by atoms with E-state index in [0.717, 1.165) is 17.5 Å². The summed E-state index contributed by atoms with van der Waals surface area (Å²) in [6.45, 7) is 4.99. The molecule has 3 aromatic rings. The van der Waals surface area contributed by atoms with Crippen molar-refractivity contribution < 1.29 is 37.3 Å². The molecule has 0 heterocycles. The molecule has 1 atom stereocenters. The lowest BCUT2D eigenvalue weighted by atomic mass is 9.86. The van der Waals surface area contributed by atoms with Crippen molar-refractivity contribution in [1.82, 2.24) is 5.32 Å². The zero-order valence-electron chi connectivity index (χ0n) is 19.1. The zero-order chi connectivity index (χ0) is 26.0. The zero-order valence-corrected chi connectivity index (χ0v) is 19.8. The van der Waals surface area contributed by atoms with Gasteiger partial charge in [0.1, 0.15) is 24.1 Å². The van der Waals surface area contributed by atoms with Gasteiger partial charge in [-0.25, -0.2) is 4.79 Å². The molecule has 2 N–H and O–H groups in total. The van der Waals surface area contributed by atoms with E-state index in [0.29, 0.717) is 16.0 Å². The van der Waals surface area contributed by atoms with Crippen LogP contribution in [0.25, 0.3) is 10.8 Å². The van der Waals surface area contributed by atoms with Gasteiger partial charge in [-0.2, -0.15) is 0 Å². The van der Waals surface area contributed by atoms with Crippen molar-refractivity contribution in [3.8, 4) is 11.5 Å². The molecule has 1 unspecified atom stereocenters. The van der Waals surface area contributed by atoms with Crippen molar-refractivity contribution in [2.75, 3.05) is 0 Å². The number of fused-ring (bicyclic) bond motifs is 1. The van der Waals surface area contributed by atoms with Crippen LogP contribution in [0, 0.1) is 5.41 Å². The molecule has 0 aliphatic carbocycles. The number of carbonyl (C=O) groups excluding carboxylic acids is 1. The highest BCUT2D eigenvalue weighted by Gasteiger charge is 2.34. The number of rotatable bonds is 7. The van der Waals surface area contributed by atoms with E-state index in [1.165, 1.54) is 18.2 Å². The van der Waals surface area contributed by atoms with Crippen LogP contribution < -0.4 is 14.8 Å². The molecule has 10 heteroatoms. The molecular weight excluding hydrogens is 487 g/mol. The van der Waals surface area contributed by atoms with E-state index < -0.39 is 29.7 Å². The summed E-state index contributed by atoms with van der Waals surface area (Å²) in [4.78, 5) is 24.9. The summed E-state index contributed by atoms with van der Waals surface area (Å²) >= 11 is 6.16. The molecule has 186 valence electrons. The predicted octanol–water partition coefficient (Wildman–Crippen LogP) is 6.20. The predicted molar refractivity (Wildman–Crippen MR) is 125 cm³/mol. The number of benzene rings is 3. The monoisotopic (exact) mass is 509 g/mol. The quantitative estimate of drug-likeness (QED) is 0.396. The lowest BCUT2D eigenvalue weighted by Gasteiger charge is -2.28. The maximum atomic E-state index is 13.1. The molecular formula is C25H23ClF3NO5. The minimum Gasteiger partial charge on any atom is -0.487 e. The number of nitrogens with one attached hydrogen (secondary N) is 1. The number of amides is 1. The van der Waals surface area contributed by atoms with Crippen LogP contribution in [0.5, 0.6) is 11.5 Å². The smallest absolute Gasteiger partial charge is 0.487 e. The van der Waals surface area contributed by atoms with Crippen LogP contribution in [-0.4, -0.2) is 29.4 Å². The lowest BCUT2D eigenvalue weighted by molar-refractivity contribution is -0.274. The standard InChI is InChI=1S/C25H23ClF3NO5/c1-24(2,3)21(23(32)33)30-22(31)18-11-7-15-6-8-16(26)12-19(15)20(18)34-13-14-4-9-17(10-5-14)35-25(27,28)29/h4-12,21H,13H2,1-3H3,(H,30,31)(H,32,33). The van der Waals surface area contributed by atoms with Crippen LogP contribution in [0.4, 0.5) is 13.2 Å². The SMILES string of the molecule is CC(C)(C)C(NC(=O)c1ccc2ccc(Cl)cc2c1OCc1ccc(OC(F)(F)F)cc1)C(=O)O. The van der Waals surface area contributed by atoms with Gasteiger partial charge in [-0.1, -0.05) is 56.6 Å². The summed E-state index contributed by atoms with van der Waals surface area (Å²) in [6.07, 6.45) is -4.80. The Bertz CT molecular complexity index is 1240. The molecule has 6 nitrogen and oxygen atoms in total. The van der Waals surface area contributed by atoms with E-state index in [4.69, 9.17) is 16.3 Å². The first-order chi connectivity index (χ1) is 16.2. The van der Waals surface area contributed by atoms with Gasteiger partial charge in [0.2, 0.25) is 0 Å². The Hall–Kier alpha value is -3.46. The summed E-state index contributed by atoms with van der Waals surface area (Å²) in [5.74, 6) is -2.05. The van der Waals surface area contributed by atoms with E-state index in [1.807, 2.05) is 0 Å². The van der Waals surface area contributed by atoms with Crippen LogP contribution >= 0.6 is 11.6 Å². The van der Waals surface area contributed by atoms with Crippen LogP contribution in [0.3, 0.4) is 0 Å². The molecule has 3 aromatic carbocycles. The first-order valence-corrected chi connectivity index (χ1v) is 10.9. The second kappa shape index (κ2) is 10.0. The third-order valence-electron chi connectivity index (χ3n) is 5.11. The van der Waals surface area contributed by atoms with Crippen molar-refractivity contribution in [3.63, 3.8) is 0 Å². The summed E-state index contributed by atoms with van der Waals surface area (Å²) in [7, 11) is 0. The number of aliphatic carboxylic acids is 1. The fourth-order valence-electron chi connectivity index (χ4n) is 3.40. The maximum absolute atomic E-state index is 13.1. The van der Waals surface area contributed by atoms with Gasteiger partial charge in [-0.05, 0) is 46.7 Å². The number of halogens is 4. The van der Waals surface area contributed by atoms with Crippen molar-refractivity contribution in [3.05, 3.63) is 70.7 Å². The fraction of sp³-hybridized carbons (Fsp3) is 0.280. The van der Waals surface area contributed by atoms with Crippen molar-refractivity contribution in [2.45, 2.75) is 39.8 Å². The molecule has 0 radical (unpaired) electrons. The van der Waals surface area contributed by atoms with Crippen molar-refractivity contribution >= 4 is 34.2 Å². The molecule has 0 fully saturated rings. The van der Waals surface area contributed by atoms with Crippen molar-refractivity contribution in [1.29, 1.82) is 0 Å². The van der Waals surface area contributed by atoms with Gasteiger partial charge in [0.15, 0.2) is 0 Å². The second-order valence-corrected chi connectivity index (χ2v) is 9.34. The Morgan fingerprint density at radius 1 is 1.03 bits per heavy atom. The third kappa shape index (κ3) is 6.79. The Kier molecular flexibility index (Phi) is 7.50. The normalized spacial score (nSPS) is 12.8. The number of carboxylic acids is 1. The van der Waals surface area contributed by atoms with Crippen LogP contribution in [0.2, 0.25) is 5.02 Å². The summed E-state index contributed by atoms with van der Waals surface area (Å²) in [5.41, 5.74) is -0.154. The van der Waals surface area contributed by atoms with E-state index in [-0.39, 0.29) is 23.7 Å². The Balaban J connectivity index is 1.94. The third-order valence-corrected chi connectivity index (χ3v) is 5.34. The topological polar surface area (TPSA) is 84.9 Å². The highest BCUT2D eigenvalue weighted by Crippen LogP contribution is 2.33. The lowest BCUT2D eigenvalue weighted by Crippen LogP contribution is -2.49. The van der Waals surface area contributed by atoms with E-state index in [9.17, 15) is 27.9 Å². The van der Waals surface area contributed by atoms with Gasteiger partial charge >= 0.3 is 12.3 Å². The molecule has 0 spiro atoms. The average Bonchev–Trinajstić information content (AvgIpc) is 2.74. The Labute approximate surface area is 204 Å². The molecule has 0 bridgehead atoms. The Morgan fingerprint density at radius 2 is 1.66 bits per heavy atom.